The lowest BCUT2D eigenvalue weighted by Gasteiger charge is -2.12. The van der Waals surface area contributed by atoms with Gasteiger partial charge in [0.25, 0.3) is 6.01 Å². The Balaban J connectivity index is 2.71. The van der Waals surface area contributed by atoms with E-state index in [1.165, 1.54) is 0 Å². The molecule has 0 unspecified atom stereocenters. The fraction of sp³-hybridized carbons (Fsp3) is 0.250. The summed E-state index contributed by atoms with van der Waals surface area (Å²) in [6, 6.07) is 1.99. The number of methoxy groups -OCH3 is 1. The smallest absolute Gasteiger partial charge is 0.292 e. The number of aromatic nitrogens is 1. The lowest BCUT2D eigenvalue weighted by molar-refractivity contribution is 0.414. The van der Waals surface area contributed by atoms with Crippen LogP contribution in [-0.4, -0.2) is 12.1 Å². The molecule has 0 aliphatic rings. The number of aryl methyl sites for hydroxylation is 1. The minimum atomic E-state index is 0.123. The van der Waals surface area contributed by atoms with Crippen LogP contribution in [0.3, 0.4) is 0 Å². The molecule has 0 spiro atoms. The van der Waals surface area contributed by atoms with Crippen molar-refractivity contribution < 1.29 is 9.15 Å². The minimum Gasteiger partial charge on any atom is -0.496 e. The van der Waals surface area contributed by atoms with Gasteiger partial charge in [-0.15, -0.1) is 0 Å². The Kier molecular flexibility index (Phi) is 2.98. The highest BCUT2D eigenvalue weighted by molar-refractivity contribution is 6.32. The number of benzene rings is 1. The summed E-state index contributed by atoms with van der Waals surface area (Å²) in [7, 11) is 1.60. The molecule has 0 atom stereocenters. The van der Waals surface area contributed by atoms with Crippen molar-refractivity contribution in [3.63, 3.8) is 0 Å². The van der Waals surface area contributed by atoms with Gasteiger partial charge in [0.1, 0.15) is 5.75 Å². The van der Waals surface area contributed by atoms with E-state index >= 15 is 0 Å². The molecule has 0 fully saturated rings. The van der Waals surface area contributed by atoms with Crippen molar-refractivity contribution in [2.45, 2.75) is 13.8 Å². The molecular weight excluding hydrogens is 240 g/mol. The number of nitrogens with zero attached hydrogens (tertiary/aromatic N) is 1. The summed E-state index contributed by atoms with van der Waals surface area (Å²) in [6.07, 6.45) is 1.56. The van der Waals surface area contributed by atoms with Gasteiger partial charge in [0.2, 0.25) is 0 Å². The number of anilines is 1. The standard InChI is InChI=1S/C12H13ClN2O2/c1-6-4-8(16-3)10(7(2)11(6)13)9-5-15-12(14)17-9/h4-5H,1-3H3,(H2,14,15). The number of nitrogens with two attached hydrogens (primary N) is 1. The molecule has 5 heteroatoms. The second kappa shape index (κ2) is 4.30. The number of hydrogen-bond donors (Lipinski definition) is 1. The first-order valence-electron chi connectivity index (χ1n) is 5.10. The van der Waals surface area contributed by atoms with Gasteiger partial charge in [-0.1, -0.05) is 11.6 Å². The van der Waals surface area contributed by atoms with Crippen LogP contribution in [0.25, 0.3) is 11.3 Å². The molecule has 0 aliphatic heterocycles. The largest absolute Gasteiger partial charge is 0.496 e. The molecule has 2 N–H and O–H groups in total. The van der Waals surface area contributed by atoms with E-state index in [1.54, 1.807) is 13.3 Å². The van der Waals surface area contributed by atoms with Crippen molar-refractivity contribution in [1.82, 2.24) is 4.98 Å². The normalized spacial score (nSPS) is 10.6. The Hall–Kier alpha value is -1.68. The molecule has 0 bridgehead atoms. The van der Waals surface area contributed by atoms with Crippen molar-refractivity contribution in [1.29, 1.82) is 0 Å². The van der Waals surface area contributed by atoms with Crippen LogP contribution in [0.5, 0.6) is 5.75 Å². The Bertz CT molecular complexity index is 564. The minimum absolute atomic E-state index is 0.123. The summed E-state index contributed by atoms with van der Waals surface area (Å²) < 4.78 is 10.7. The maximum atomic E-state index is 6.22. The van der Waals surface area contributed by atoms with Crippen LogP contribution in [0, 0.1) is 13.8 Å². The molecule has 90 valence electrons. The molecule has 0 aliphatic carbocycles. The molecule has 1 aromatic heterocycles. The number of ether oxygens (including phenoxy) is 1. The molecule has 4 nitrogen and oxygen atoms in total. The first-order valence-corrected chi connectivity index (χ1v) is 5.47. The van der Waals surface area contributed by atoms with Gasteiger partial charge >= 0.3 is 0 Å². The van der Waals surface area contributed by atoms with Gasteiger partial charge in [-0.05, 0) is 31.0 Å². The Morgan fingerprint density at radius 2 is 2.12 bits per heavy atom. The summed E-state index contributed by atoms with van der Waals surface area (Å²) in [5, 5.41) is 0.691. The second-order valence-electron chi connectivity index (χ2n) is 3.77. The Morgan fingerprint density at radius 3 is 2.65 bits per heavy atom. The highest BCUT2D eigenvalue weighted by atomic mass is 35.5. The Labute approximate surface area is 104 Å². The van der Waals surface area contributed by atoms with Gasteiger partial charge < -0.3 is 14.9 Å². The summed E-state index contributed by atoms with van der Waals surface area (Å²) >= 11 is 6.22. The van der Waals surface area contributed by atoms with Gasteiger partial charge in [0.15, 0.2) is 5.76 Å². The highest BCUT2D eigenvalue weighted by Crippen LogP contribution is 2.39. The van der Waals surface area contributed by atoms with Gasteiger partial charge in [0.05, 0.1) is 18.9 Å². The van der Waals surface area contributed by atoms with E-state index in [4.69, 9.17) is 26.5 Å². The molecule has 0 amide bonds. The van der Waals surface area contributed by atoms with E-state index in [9.17, 15) is 0 Å². The number of oxazole rings is 1. The fourth-order valence-corrected chi connectivity index (χ4v) is 1.94. The number of hydrogen-bond acceptors (Lipinski definition) is 4. The van der Waals surface area contributed by atoms with Crippen molar-refractivity contribution in [3.8, 4) is 17.1 Å². The zero-order valence-corrected chi connectivity index (χ0v) is 10.6. The molecular formula is C12H13ClN2O2. The molecule has 2 aromatic rings. The summed E-state index contributed by atoms with van der Waals surface area (Å²) in [6.45, 7) is 3.84. The average molecular weight is 253 g/mol. The van der Waals surface area contributed by atoms with Crippen LogP contribution >= 0.6 is 11.6 Å². The monoisotopic (exact) mass is 252 g/mol. The number of rotatable bonds is 2. The van der Waals surface area contributed by atoms with E-state index in [1.807, 2.05) is 19.9 Å². The van der Waals surface area contributed by atoms with Crippen LogP contribution in [-0.2, 0) is 0 Å². The molecule has 0 saturated heterocycles. The van der Waals surface area contributed by atoms with E-state index in [0.717, 1.165) is 16.7 Å². The van der Waals surface area contributed by atoms with Gasteiger partial charge in [-0.25, -0.2) is 4.98 Å². The van der Waals surface area contributed by atoms with Crippen LogP contribution < -0.4 is 10.5 Å². The topological polar surface area (TPSA) is 61.3 Å². The van der Waals surface area contributed by atoms with E-state index in [-0.39, 0.29) is 6.01 Å². The summed E-state index contributed by atoms with van der Waals surface area (Å²) in [4.78, 5) is 3.87. The molecule has 1 heterocycles. The first-order chi connectivity index (χ1) is 8.04. The van der Waals surface area contributed by atoms with Crippen molar-refractivity contribution >= 4 is 17.6 Å². The lowest BCUT2D eigenvalue weighted by Crippen LogP contribution is -1.93. The fourth-order valence-electron chi connectivity index (χ4n) is 1.79. The van der Waals surface area contributed by atoms with Gasteiger partial charge in [-0.3, -0.25) is 0 Å². The van der Waals surface area contributed by atoms with Crippen LogP contribution in [0.2, 0.25) is 5.02 Å². The summed E-state index contributed by atoms with van der Waals surface area (Å²) in [5.41, 5.74) is 8.10. The van der Waals surface area contributed by atoms with Crippen LogP contribution in [0.15, 0.2) is 16.7 Å². The molecule has 0 saturated carbocycles. The zero-order valence-electron chi connectivity index (χ0n) is 9.87. The number of nitrogen functional groups attached to an aromatic ring is 1. The Morgan fingerprint density at radius 1 is 1.41 bits per heavy atom. The van der Waals surface area contributed by atoms with E-state index in [2.05, 4.69) is 4.98 Å². The van der Waals surface area contributed by atoms with E-state index < -0.39 is 0 Å². The third-order valence-corrected chi connectivity index (χ3v) is 3.22. The van der Waals surface area contributed by atoms with Gasteiger partial charge in [-0.2, -0.15) is 0 Å². The molecule has 17 heavy (non-hydrogen) atoms. The van der Waals surface area contributed by atoms with Crippen molar-refractivity contribution in [2.75, 3.05) is 12.8 Å². The molecule has 1 aromatic carbocycles. The van der Waals surface area contributed by atoms with Crippen LogP contribution in [0.4, 0.5) is 6.01 Å². The van der Waals surface area contributed by atoms with Crippen molar-refractivity contribution in [3.05, 3.63) is 28.4 Å². The summed E-state index contributed by atoms with van der Waals surface area (Å²) in [5.74, 6) is 1.25. The maximum Gasteiger partial charge on any atom is 0.292 e. The SMILES string of the molecule is COc1cc(C)c(Cl)c(C)c1-c1cnc(N)o1. The molecule has 0 radical (unpaired) electrons. The van der Waals surface area contributed by atoms with Crippen LogP contribution in [0.1, 0.15) is 11.1 Å². The lowest BCUT2D eigenvalue weighted by atomic mass is 10.0. The predicted octanol–water partition coefficient (Wildman–Crippen LogP) is 3.20. The first kappa shape index (κ1) is 11.8. The van der Waals surface area contributed by atoms with Crippen molar-refractivity contribution in [2.24, 2.45) is 0 Å². The highest BCUT2D eigenvalue weighted by Gasteiger charge is 2.17. The van der Waals surface area contributed by atoms with E-state index in [0.29, 0.717) is 16.5 Å². The average Bonchev–Trinajstić information content (AvgIpc) is 2.71. The van der Waals surface area contributed by atoms with Gasteiger partial charge in [0, 0.05) is 5.02 Å². The maximum absolute atomic E-state index is 6.22. The third-order valence-electron chi connectivity index (χ3n) is 2.63. The predicted molar refractivity (Wildman–Crippen MR) is 67.4 cm³/mol. The zero-order chi connectivity index (χ0) is 12.6. The second-order valence-corrected chi connectivity index (χ2v) is 4.15. The third kappa shape index (κ3) is 1.96. The number of halogens is 1. The molecule has 2 rings (SSSR count). The quantitative estimate of drug-likeness (QED) is 0.892.